The molecule has 3 N–H and O–H groups in total. The number of carbonyl (C=O) groups is 1. The molecule has 0 bridgehead atoms. The molecule has 1 aromatic carbocycles. The molecule has 0 spiro atoms. The van der Waals surface area contributed by atoms with Gasteiger partial charge < -0.3 is 10.3 Å². The molecule has 0 atom stereocenters. The lowest BCUT2D eigenvalue weighted by molar-refractivity contribution is 0.0949. The largest absolute Gasteiger partial charge is 0.378 e. The van der Waals surface area contributed by atoms with Gasteiger partial charge in [-0.25, -0.2) is 10.1 Å². The van der Waals surface area contributed by atoms with E-state index in [0.29, 0.717) is 10.9 Å². The van der Waals surface area contributed by atoms with Crippen LogP contribution in [0.5, 0.6) is 0 Å². The first-order valence-electron chi connectivity index (χ1n) is 9.59. The van der Waals surface area contributed by atoms with Gasteiger partial charge in [0.15, 0.2) is 10.9 Å². The predicted molar refractivity (Wildman–Crippen MR) is 120 cm³/mol. The Bertz CT molecular complexity index is 1310. The summed E-state index contributed by atoms with van der Waals surface area (Å²) >= 11 is 1.33. The van der Waals surface area contributed by atoms with Gasteiger partial charge in [0.1, 0.15) is 6.33 Å². The Morgan fingerprint density at radius 2 is 2.09 bits per heavy atom. The molecular formula is C19H19N11O2S. The van der Waals surface area contributed by atoms with Gasteiger partial charge in [0.05, 0.1) is 11.9 Å². The van der Waals surface area contributed by atoms with Crippen molar-refractivity contribution in [1.82, 2.24) is 45.5 Å². The first-order valence-corrected chi connectivity index (χ1v) is 10.6. The van der Waals surface area contributed by atoms with E-state index in [2.05, 4.69) is 46.0 Å². The van der Waals surface area contributed by atoms with Gasteiger partial charge in [-0.05, 0) is 28.4 Å². The summed E-state index contributed by atoms with van der Waals surface area (Å²) < 4.78 is 7.70. The fourth-order valence-corrected chi connectivity index (χ4v) is 3.63. The van der Waals surface area contributed by atoms with Crippen LogP contribution in [0.25, 0.3) is 11.9 Å². The monoisotopic (exact) mass is 465 g/mol. The van der Waals surface area contributed by atoms with Crippen molar-refractivity contribution in [3.63, 3.8) is 0 Å². The number of allylic oxidation sites excluding steroid dienone is 1. The highest BCUT2D eigenvalue weighted by Crippen LogP contribution is 2.24. The molecule has 0 aliphatic heterocycles. The predicted octanol–water partition coefficient (Wildman–Crippen LogP) is 1.47. The number of hydrogen-bond acceptors (Lipinski definition) is 11. The highest BCUT2D eigenvalue weighted by molar-refractivity contribution is 7.98. The summed E-state index contributed by atoms with van der Waals surface area (Å²) in [7, 11) is 1.81. The van der Waals surface area contributed by atoms with Crippen LogP contribution >= 0.6 is 11.8 Å². The van der Waals surface area contributed by atoms with Crippen molar-refractivity contribution in [2.75, 3.05) is 5.73 Å². The average molecular weight is 466 g/mol. The van der Waals surface area contributed by atoms with Crippen molar-refractivity contribution in [3.05, 3.63) is 59.2 Å². The van der Waals surface area contributed by atoms with Crippen LogP contribution in [0.1, 0.15) is 28.7 Å². The summed E-state index contributed by atoms with van der Waals surface area (Å²) in [6.07, 6.45) is 5.06. The zero-order valence-corrected chi connectivity index (χ0v) is 18.5. The van der Waals surface area contributed by atoms with Crippen molar-refractivity contribution in [1.29, 1.82) is 0 Å². The van der Waals surface area contributed by atoms with Gasteiger partial charge in [-0.2, -0.15) is 9.78 Å². The standard InChI is InChI=1S/C19H19N11O2S/c1-12(8-13-6-4-3-5-7-13)9-21-24-18(31)15-14(10-33-19-25-22-11-29(19)2)30(28-23-15)17-16(20)26-32-27-17/h3-9,11H,10H2,1-2H3,(H2,20,26)(H,24,31)/b12-8+,21-9+. The molecule has 0 unspecified atom stereocenters. The minimum absolute atomic E-state index is 0.0106. The number of thioether (sulfide) groups is 1. The molecule has 13 nitrogen and oxygen atoms in total. The number of hydrogen-bond donors (Lipinski definition) is 2. The summed E-state index contributed by atoms with van der Waals surface area (Å²) in [4.78, 5) is 12.8. The van der Waals surface area contributed by atoms with E-state index in [-0.39, 0.29) is 23.1 Å². The Hall–Kier alpha value is -4.33. The van der Waals surface area contributed by atoms with E-state index in [1.165, 1.54) is 16.4 Å². The minimum Gasteiger partial charge on any atom is -0.378 e. The SMILES string of the molecule is CC(/C=N/NC(=O)c1nnn(-c2nonc2N)c1CSc1nncn1C)=C\c1ccccc1. The van der Waals surface area contributed by atoms with Crippen molar-refractivity contribution in [2.24, 2.45) is 12.1 Å². The molecule has 4 aromatic rings. The van der Waals surface area contributed by atoms with Gasteiger partial charge >= 0.3 is 0 Å². The molecule has 0 aliphatic rings. The fraction of sp³-hybridized carbons (Fsp3) is 0.158. The van der Waals surface area contributed by atoms with E-state index in [1.807, 2.05) is 50.4 Å². The van der Waals surface area contributed by atoms with Crippen LogP contribution in [-0.4, -0.2) is 52.2 Å². The molecule has 0 saturated carbocycles. The number of nitrogens with zero attached hydrogens (tertiary/aromatic N) is 9. The number of benzene rings is 1. The van der Waals surface area contributed by atoms with Gasteiger partial charge in [-0.1, -0.05) is 53.4 Å². The number of anilines is 1. The Morgan fingerprint density at radius 1 is 1.27 bits per heavy atom. The summed E-state index contributed by atoms with van der Waals surface area (Å²) in [6.45, 7) is 1.88. The van der Waals surface area contributed by atoms with Crippen molar-refractivity contribution in [3.8, 4) is 5.82 Å². The Labute approximate surface area is 191 Å². The van der Waals surface area contributed by atoms with Crippen LogP contribution in [0.2, 0.25) is 0 Å². The number of nitrogen functional groups attached to an aromatic ring is 1. The normalized spacial score (nSPS) is 11.9. The van der Waals surface area contributed by atoms with Crippen LogP contribution < -0.4 is 11.2 Å². The number of amides is 1. The summed E-state index contributed by atoms with van der Waals surface area (Å²) in [5.74, 6) is -0.143. The van der Waals surface area contributed by atoms with Crippen molar-refractivity contribution < 1.29 is 9.42 Å². The lowest BCUT2D eigenvalue weighted by Gasteiger charge is -2.05. The minimum atomic E-state index is -0.548. The van der Waals surface area contributed by atoms with Gasteiger partial charge in [0, 0.05) is 12.8 Å². The second kappa shape index (κ2) is 9.86. The van der Waals surface area contributed by atoms with Gasteiger partial charge in [-0.15, -0.1) is 15.3 Å². The zero-order chi connectivity index (χ0) is 23.2. The molecule has 14 heteroatoms. The molecule has 1 amide bonds. The number of aryl methyl sites for hydroxylation is 1. The second-order valence-electron chi connectivity index (χ2n) is 6.78. The van der Waals surface area contributed by atoms with E-state index < -0.39 is 5.91 Å². The Morgan fingerprint density at radius 3 is 2.79 bits per heavy atom. The van der Waals surface area contributed by atoms with E-state index in [1.54, 1.807) is 17.1 Å². The molecule has 0 saturated heterocycles. The third kappa shape index (κ3) is 5.12. The Kier molecular flexibility index (Phi) is 6.54. The molecule has 33 heavy (non-hydrogen) atoms. The maximum absolute atomic E-state index is 12.8. The van der Waals surface area contributed by atoms with E-state index in [4.69, 9.17) is 5.73 Å². The smallest absolute Gasteiger partial charge is 0.293 e. The number of aromatic nitrogens is 8. The third-order valence-electron chi connectivity index (χ3n) is 4.31. The van der Waals surface area contributed by atoms with E-state index in [9.17, 15) is 4.79 Å². The maximum Gasteiger partial charge on any atom is 0.293 e. The average Bonchev–Trinajstić information content (AvgIpc) is 3.52. The zero-order valence-electron chi connectivity index (χ0n) is 17.7. The van der Waals surface area contributed by atoms with Crippen molar-refractivity contribution in [2.45, 2.75) is 17.8 Å². The summed E-state index contributed by atoms with van der Waals surface area (Å²) in [5.41, 5.74) is 10.6. The molecule has 0 radical (unpaired) electrons. The number of hydrazone groups is 1. The molecule has 0 fully saturated rings. The van der Waals surface area contributed by atoms with Crippen LogP contribution in [0, 0.1) is 0 Å². The number of carbonyl (C=O) groups excluding carboxylic acids is 1. The molecular weight excluding hydrogens is 446 g/mol. The molecule has 0 aliphatic carbocycles. The summed E-state index contributed by atoms with van der Waals surface area (Å²) in [6, 6.07) is 9.77. The maximum atomic E-state index is 12.8. The summed E-state index contributed by atoms with van der Waals surface area (Å²) in [5, 5.41) is 27.8. The van der Waals surface area contributed by atoms with Crippen LogP contribution in [0.3, 0.4) is 0 Å². The Balaban J connectivity index is 1.54. The highest BCUT2D eigenvalue weighted by Gasteiger charge is 2.24. The number of nitrogens with one attached hydrogen (secondary N) is 1. The quantitative estimate of drug-likeness (QED) is 0.221. The fourth-order valence-electron chi connectivity index (χ4n) is 2.75. The lowest BCUT2D eigenvalue weighted by Crippen LogP contribution is -2.20. The molecule has 168 valence electrons. The van der Waals surface area contributed by atoms with Gasteiger partial charge in [-0.3, -0.25) is 4.79 Å². The van der Waals surface area contributed by atoms with E-state index in [0.717, 1.165) is 11.1 Å². The van der Waals surface area contributed by atoms with Crippen LogP contribution in [0.4, 0.5) is 5.82 Å². The first kappa shape index (κ1) is 21.9. The third-order valence-corrected chi connectivity index (χ3v) is 5.36. The molecule has 3 heterocycles. The van der Waals surface area contributed by atoms with Crippen LogP contribution in [0.15, 0.2) is 57.1 Å². The topological polar surface area (TPSA) is 168 Å². The second-order valence-corrected chi connectivity index (χ2v) is 7.72. The molecule has 4 rings (SSSR count). The first-order chi connectivity index (χ1) is 16.0. The van der Waals surface area contributed by atoms with E-state index >= 15 is 0 Å². The number of rotatable bonds is 8. The van der Waals surface area contributed by atoms with Crippen molar-refractivity contribution >= 4 is 35.8 Å². The lowest BCUT2D eigenvalue weighted by atomic mass is 10.1. The van der Waals surface area contributed by atoms with Gasteiger partial charge in [0.2, 0.25) is 11.6 Å². The number of nitrogens with two attached hydrogens (primary N) is 1. The molecule has 3 aromatic heterocycles. The highest BCUT2D eigenvalue weighted by atomic mass is 32.2. The van der Waals surface area contributed by atoms with Crippen LogP contribution in [-0.2, 0) is 12.8 Å². The van der Waals surface area contributed by atoms with Gasteiger partial charge in [0.25, 0.3) is 5.91 Å².